The molecule has 0 radical (unpaired) electrons. The lowest BCUT2D eigenvalue weighted by atomic mass is 9.82. The predicted octanol–water partition coefficient (Wildman–Crippen LogP) is 8.40. The summed E-state index contributed by atoms with van der Waals surface area (Å²) in [7, 11) is 0. The molecule has 1 saturated carbocycles. The zero-order valence-corrected chi connectivity index (χ0v) is 27.4. The van der Waals surface area contributed by atoms with Crippen LogP contribution in [0.25, 0.3) is 0 Å². The molecule has 2 aliphatic heterocycles. The molecule has 0 bridgehead atoms. The number of piperazine rings is 1. The molecule has 2 heterocycles. The van der Waals surface area contributed by atoms with Crippen LogP contribution < -0.4 is 4.90 Å². The van der Waals surface area contributed by atoms with Crippen LogP contribution in [0.4, 0.5) is 23.2 Å². The third-order valence-electron chi connectivity index (χ3n) is 9.87. The van der Waals surface area contributed by atoms with Crippen LogP contribution in [0.5, 0.6) is 0 Å². The van der Waals surface area contributed by atoms with Gasteiger partial charge in [-0.2, -0.15) is 13.2 Å². The minimum absolute atomic E-state index is 0.0155. The van der Waals surface area contributed by atoms with Gasteiger partial charge in [-0.1, -0.05) is 52.7 Å². The molecule has 0 aromatic heterocycles. The summed E-state index contributed by atoms with van der Waals surface area (Å²) < 4.78 is 58.8. The molecule has 1 N–H and O–H groups in total. The summed E-state index contributed by atoms with van der Waals surface area (Å²) in [5.41, 5.74) is 0.0391. The lowest BCUT2D eigenvalue weighted by Crippen LogP contribution is -2.59. The molecule has 1 amide bonds. The van der Waals surface area contributed by atoms with Crippen LogP contribution in [0, 0.1) is 23.6 Å². The third-order valence-corrected chi connectivity index (χ3v) is 9.87. The van der Waals surface area contributed by atoms with Crippen LogP contribution in [0.3, 0.4) is 0 Å². The Hall–Kier alpha value is -3.14. The first-order valence-corrected chi connectivity index (χ1v) is 16.7. The van der Waals surface area contributed by atoms with Crippen molar-refractivity contribution in [3.8, 4) is 0 Å². The maximum Gasteiger partial charge on any atom is 0.416 e. The molecular formula is C36H48F4N2O4. The van der Waals surface area contributed by atoms with Gasteiger partial charge in [0.1, 0.15) is 11.4 Å². The van der Waals surface area contributed by atoms with Gasteiger partial charge >= 0.3 is 12.1 Å². The second kappa shape index (κ2) is 15.2. The molecule has 3 aliphatic rings. The van der Waals surface area contributed by atoms with Gasteiger partial charge in [0.05, 0.1) is 17.7 Å². The fraction of sp³-hybridized carbons (Fsp3) is 0.611. The number of anilines is 1. The number of amides is 1. The van der Waals surface area contributed by atoms with E-state index in [1.807, 2.05) is 12.1 Å². The number of carboxylic acid groups (broad SMARTS) is 1. The van der Waals surface area contributed by atoms with Crippen molar-refractivity contribution >= 4 is 17.6 Å². The molecule has 0 spiro atoms. The molecule has 1 aliphatic carbocycles. The van der Waals surface area contributed by atoms with Gasteiger partial charge in [0.2, 0.25) is 0 Å². The summed E-state index contributed by atoms with van der Waals surface area (Å²) in [5, 5.41) is 9.02. The van der Waals surface area contributed by atoms with Crippen molar-refractivity contribution in [1.29, 1.82) is 0 Å². The van der Waals surface area contributed by atoms with Crippen molar-refractivity contribution in [1.82, 2.24) is 4.90 Å². The average Bonchev–Trinajstić information content (AvgIpc) is 3.90. The Morgan fingerprint density at radius 1 is 1.04 bits per heavy atom. The largest absolute Gasteiger partial charge is 0.478 e. The summed E-state index contributed by atoms with van der Waals surface area (Å²) in [6, 6.07) is 9.98. The van der Waals surface area contributed by atoms with Crippen molar-refractivity contribution in [2.45, 2.75) is 90.3 Å². The number of hydrogen-bond donors (Lipinski definition) is 1. The molecule has 2 aromatic carbocycles. The lowest BCUT2D eigenvalue weighted by Gasteiger charge is -2.44. The Morgan fingerprint density at radius 2 is 1.74 bits per heavy atom. The summed E-state index contributed by atoms with van der Waals surface area (Å²) in [5.74, 6) is 0.0579. The Bertz CT molecular complexity index is 1330. The number of ether oxygens (including phenoxy) is 1. The SMILES string of the molecule is CC1CCC(C(=O)N2CCN(c3cc(F)cc(C(F)(F)F)c3)CC2)(C2CC2)OC1.CCC[C@H](c1cccc(C(=O)O)c1)C(C)CC. The number of carbonyl (C=O) groups is 2. The molecule has 46 heavy (non-hydrogen) atoms. The van der Waals surface area contributed by atoms with Crippen LogP contribution in [0.15, 0.2) is 42.5 Å². The molecular weight excluding hydrogens is 600 g/mol. The number of alkyl halides is 3. The van der Waals surface area contributed by atoms with Gasteiger partial charge < -0.3 is 19.6 Å². The number of halogens is 4. The van der Waals surface area contributed by atoms with Crippen LogP contribution in [-0.4, -0.2) is 60.3 Å². The van der Waals surface area contributed by atoms with Gasteiger partial charge in [0, 0.05) is 31.9 Å². The highest BCUT2D eigenvalue weighted by Crippen LogP contribution is 2.48. The Kier molecular flexibility index (Phi) is 11.8. The number of hydrogen-bond acceptors (Lipinski definition) is 4. The summed E-state index contributed by atoms with van der Waals surface area (Å²) in [4.78, 5) is 27.8. The maximum atomic E-state index is 13.7. The quantitative estimate of drug-likeness (QED) is 0.277. The van der Waals surface area contributed by atoms with Gasteiger partial charge in [0.25, 0.3) is 5.91 Å². The lowest BCUT2D eigenvalue weighted by molar-refractivity contribution is -0.173. The standard InChI is InChI=1S/C21H26F4N2O2.C15H22O2/c1-14-4-5-20(29-13-14,15-2-3-15)19(28)27-8-6-26(7-9-27)18-11-16(21(23,24)25)10-17(22)12-18;1-4-7-14(11(3)5-2)12-8-6-9-13(10-12)15(16)17/h10-12,14-15H,2-9,13H2,1H3;6,8-11,14H,4-5,7H2,1-3H3,(H,16,17)/t;11?,14-/m.0/s1. The molecule has 3 unspecified atom stereocenters. The average molecular weight is 649 g/mol. The molecule has 4 atom stereocenters. The van der Waals surface area contributed by atoms with Crippen molar-refractivity contribution in [2.75, 3.05) is 37.7 Å². The van der Waals surface area contributed by atoms with Gasteiger partial charge in [-0.05, 0) is 91.7 Å². The fourth-order valence-electron chi connectivity index (χ4n) is 6.76. The molecule has 2 aromatic rings. The normalized spacial score (nSPS) is 23.3. The van der Waals surface area contributed by atoms with E-state index >= 15 is 0 Å². The van der Waals surface area contributed by atoms with Crippen molar-refractivity contribution in [3.63, 3.8) is 0 Å². The van der Waals surface area contributed by atoms with E-state index in [1.54, 1.807) is 15.9 Å². The zero-order chi connectivity index (χ0) is 33.6. The van der Waals surface area contributed by atoms with Crippen LogP contribution >= 0.6 is 0 Å². The highest BCUT2D eigenvalue weighted by molar-refractivity contribution is 5.88. The fourth-order valence-corrected chi connectivity index (χ4v) is 6.76. The predicted molar refractivity (Wildman–Crippen MR) is 171 cm³/mol. The number of benzene rings is 2. The van der Waals surface area contributed by atoms with Crippen molar-refractivity contribution in [3.05, 3.63) is 65.0 Å². The molecule has 10 heteroatoms. The second-order valence-electron chi connectivity index (χ2n) is 13.3. The Morgan fingerprint density at radius 3 is 2.28 bits per heavy atom. The van der Waals surface area contributed by atoms with E-state index in [-0.39, 0.29) is 17.5 Å². The first-order valence-electron chi connectivity index (χ1n) is 16.7. The van der Waals surface area contributed by atoms with E-state index in [1.165, 1.54) is 5.56 Å². The highest BCUT2D eigenvalue weighted by Gasteiger charge is 2.55. The first kappa shape index (κ1) is 35.7. The molecule has 2 saturated heterocycles. The molecule has 5 rings (SSSR count). The first-order chi connectivity index (χ1) is 21.8. The van der Waals surface area contributed by atoms with Crippen molar-refractivity contribution in [2.24, 2.45) is 17.8 Å². The van der Waals surface area contributed by atoms with Gasteiger partial charge in [-0.3, -0.25) is 4.79 Å². The molecule has 6 nitrogen and oxygen atoms in total. The number of aromatic carboxylic acids is 1. The minimum atomic E-state index is -4.60. The van der Waals surface area contributed by atoms with Crippen LogP contribution in [-0.2, 0) is 15.7 Å². The summed E-state index contributed by atoms with van der Waals surface area (Å²) in [6.07, 6.45) is 2.49. The van der Waals surface area contributed by atoms with Gasteiger partial charge in [-0.15, -0.1) is 0 Å². The number of nitrogens with zero attached hydrogens (tertiary/aromatic N) is 2. The number of carboxylic acids is 1. The Labute approximate surface area is 270 Å². The zero-order valence-electron chi connectivity index (χ0n) is 27.4. The smallest absolute Gasteiger partial charge is 0.416 e. The maximum absolute atomic E-state index is 13.7. The van der Waals surface area contributed by atoms with Crippen LogP contribution in [0.1, 0.15) is 100 Å². The van der Waals surface area contributed by atoms with E-state index in [4.69, 9.17) is 9.84 Å². The third kappa shape index (κ3) is 8.60. The van der Waals surface area contributed by atoms with Crippen molar-refractivity contribution < 1.29 is 37.0 Å². The van der Waals surface area contributed by atoms with Crippen LogP contribution in [0.2, 0.25) is 0 Å². The second-order valence-corrected chi connectivity index (χ2v) is 13.3. The molecule has 254 valence electrons. The van der Waals surface area contributed by atoms with E-state index < -0.39 is 29.1 Å². The number of rotatable bonds is 9. The number of carbonyl (C=O) groups excluding carboxylic acids is 1. The minimum Gasteiger partial charge on any atom is -0.478 e. The van der Waals surface area contributed by atoms with E-state index in [0.29, 0.717) is 62.2 Å². The molecule has 3 fully saturated rings. The van der Waals surface area contributed by atoms with E-state index in [0.717, 1.165) is 57.1 Å². The topological polar surface area (TPSA) is 70.1 Å². The summed E-state index contributed by atoms with van der Waals surface area (Å²) >= 11 is 0. The Balaban J connectivity index is 0.000000242. The monoisotopic (exact) mass is 648 g/mol. The van der Waals surface area contributed by atoms with Gasteiger partial charge in [-0.25, -0.2) is 9.18 Å². The highest BCUT2D eigenvalue weighted by atomic mass is 19.4. The van der Waals surface area contributed by atoms with E-state index in [9.17, 15) is 27.2 Å². The summed E-state index contributed by atoms with van der Waals surface area (Å²) in [6.45, 7) is 10.8. The van der Waals surface area contributed by atoms with Gasteiger partial charge in [0.15, 0.2) is 0 Å². The van der Waals surface area contributed by atoms with E-state index in [2.05, 4.69) is 33.8 Å².